The number of anilines is 1. The van der Waals surface area contributed by atoms with E-state index in [0.717, 1.165) is 31.4 Å². The van der Waals surface area contributed by atoms with Crippen LogP contribution in [-0.4, -0.2) is 37.4 Å². The molecule has 0 spiro atoms. The van der Waals surface area contributed by atoms with Crippen molar-refractivity contribution >= 4 is 17.6 Å². The van der Waals surface area contributed by atoms with E-state index < -0.39 is 0 Å². The molecule has 2 aliphatic rings. The number of benzene rings is 1. The second kappa shape index (κ2) is 7.05. The Labute approximate surface area is 173 Å². The Morgan fingerprint density at radius 2 is 1.93 bits per heavy atom. The van der Waals surface area contributed by atoms with Gasteiger partial charge in [-0.15, -0.1) is 0 Å². The number of phenols is 1. The second-order valence-corrected chi connectivity index (χ2v) is 8.05. The molecule has 3 aromatic rings. The van der Waals surface area contributed by atoms with Crippen LogP contribution in [-0.2, 0) is 7.05 Å². The number of hydrogen-bond donors (Lipinski definition) is 3. The molecule has 0 aliphatic heterocycles. The molecule has 5 rings (SSSR count). The number of carbonyl (C=O) groups is 2. The third-order valence-electron chi connectivity index (χ3n) is 5.54. The topological polar surface area (TPSA) is 101 Å². The molecule has 3 N–H and O–H groups in total. The zero-order valence-corrected chi connectivity index (χ0v) is 16.6. The highest BCUT2D eigenvalue weighted by Crippen LogP contribution is 2.42. The average Bonchev–Trinajstić information content (AvgIpc) is 3.63. The van der Waals surface area contributed by atoms with Crippen LogP contribution in [0.25, 0.3) is 11.3 Å². The number of amides is 2. The highest BCUT2D eigenvalue weighted by Gasteiger charge is 2.32. The number of rotatable bonds is 5. The summed E-state index contributed by atoms with van der Waals surface area (Å²) in [4.78, 5) is 25.0. The summed E-state index contributed by atoms with van der Waals surface area (Å²) < 4.78 is 3.16. The van der Waals surface area contributed by atoms with Gasteiger partial charge < -0.3 is 20.3 Å². The average molecular weight is 405 g/mol. The first-order valence-electron chi connectivity index (χ1n) is 10.2. The summed E-state index contributed by atoms with van der Waals surface area (Å²) in [6.45, 7) is 0. The van der Waals surface area contributed by atoms with Crippen LogP contribution < -0.4 is 10.6 Å². The summed E-state index contributed by atoms with van der Waals surface area (Å²) in [5.74, 6) is 0.0724. The molecule has 1 aromatic carbocycles. The molecular weight excluding hydrogens is 382 g/mol. The fourth-order valence-electron chi connectivity index (χ4n) is 3.54. The number of nitrogens with zero attached hydrogens (tertiary/aromatic N) is 3. The van der Waals surface area contributed by atoms with E-state index in [-0.39, 0.29) is 23.7 Å². The van der Waals surface area contributed by atoms with Crippen LogP contribution in [0.15, 0.2) is 42.6 Å². The van der Waals surface area contributed by atoms with Gasteiger partial charge in [-0.1, -0.05) is 0 Å². The van der Waals surface area contributed by atoms with Crippen LogP contribution in [0.1, 0.15) is 47.8 Å². The van der Waals surface area contributed by atoms with Gasteiger partial charge in [-0.05, 0) is 56.0 Å². The molecule has 8 nitrogen and oxygen atoms in total. The molecule has 2 fully saturated rings. The van der Waals surface area contributed by atoms with Gasteiger partial charge in [-0.25, -0.2) is 4.79 Å². The predicted molar refractivity (Wildman–Crippen MR) is 112 cm³/mol. The second-order valence-electron chi connectivity index (χ2n) is 8.05. The lowest BCUT2D eigenvalue weighted by Gasteiger charge is -2.08. The number of aromatic hydroxyl groups is 1. The molecule has 2 saturated carbocycles. The monoisotopic (exact) mass is 405 g/mol. The van der Waals surface area contributed by atoms with Gasteiger partial charge in [0.1, 0.15) is 11.4 Å². The minimum absolute atomic E-state index is 0.00530. The van der Waals surface area contributed by atoms with Crippen LogP contribution in [0.5, 0.6) is 5.75 Å². The Kier molecular flexibility index (Phi) is 4.34. The SMILES string of the molecule is Cn1cccc1C(=O)Nc1ccc(-c2cc(C3CC3)n(C(=O)NC3CC3)n2)c(O)c1. The van der Waals surface area contributed by atoms with Gasteiger partial charge in [-0.2, -0.15) is 9.78 Å². The molecule has 8 heteroatoms. The van der Waals surface area contributed by atoms with Crippen molar-refractivity contribution in [3.8, 4) is 17.0 Å². The summed E-state index contributed by atoms with van der Waals surface area (Å²) in [5, 5.41) is 20.8. The Morgan fingerprint density at radius 1 is 1.13 bits per heavy atom. The van der Waals surface area contributed by atoms with Crippen molar-refractivity contribution in [3.05, 3.63) is 54.0 Å². The summed E-state index contributed by atoms with van der Waals surface area (Å²) in [7, 11) is 1.79. The van der Waals surface area contributed by atoms with Gasteiger partial charge in [0.2, 0.25) is 0 Å². The van der Waals surface area contributed by atoms with E-state index >= 15 is 0 Å². The van der Waals surface area contributed by atoms with Gasteiger partial charge in [0, 0.05) is 42.5 Å². The Morgan fingerprint density at radius 3 is 2.57 bits per heavy atom. The smallest absolute Gasteiger partial charge is 0.342 e. The number of aromatic nitrogens is 3. The van der Waals surface area contributed by atoms with E-state index in [1.54, 1.807) is 42.1 Å². The summed E-state index contributed by atoms with van der Waals surface area (Å²) in [6.07, 6.45) is 5.89. The lowest BCUT2D eigenvalue weighted by atomic mass is 10.1. The highest BCUT2D eigenvalue weighted by molar-refractivity contribution is 6.03. The van der Waals surface area contributed by atoms with E-state index in [0.29, 0.717) is 28.6 Å². The largest absolute Gasteiger partial charge is 0.507 e. The van der Waals surface area contributed by atoms with Gasteiger partial charge in [-0.3, -0.25) is 4.79 Å². The lowest BCUT2D eigenvalue weighted by molar-refractivity contribution is 0.101. The van der Waals surface area contributed by atoms with Crippen molar-refractivity contribution < 1.29 is 14.7 Å². The normalized spacial score (nSPS) is 15.8. The first-order valence-corrected chi connectivity index (χ1v) is 10.2. The van der Waals surface area contributed by atoms with Crippen LogP contribution >= 0.6 is 0 Å². The molecule has 2 amide bonds. The quantitative estimate of drug-likeness (QED) is 0.605. The fraction of sp³-hybridized carbons (Fsp3) is 0.318. The molecule has 30 heavy (non-hydrogen) atoms. The van der Waals surface area contributed by atoms with Crippen molar-refractivity contribution in [3.63, 3.8) is 0 Å². The number of nitrogens with one attached hydrogen (secondary N) is 2. The summed E-state index contributed by atoms with van der Waals surface area (Å²) >= 11 is 0. The van der Waals surface area contributed by atoms with Crippen LogP contribution in [0.2, 0.25) is 0 Å². The molecule has 0 unspecified atom stereocenters. The molecular formula is C22H23N5O3. The zero-order chi connectivity index (χ0) is 20.8. The maximum absolute atomic E-state index is 12.6. The molecule has 2 aliphatic carbocycles. The van der Waals surface area contributed by atoms with E-state index in [9.17, 15) is 14.7 Å². The van der Waals surface area contributed by atoms with E-state index in [1.165, 1.54) is 10.7 Å². The Balaban J connectivity index is 1.39. The molecule has 2 heterocycles. The maximum Gasteiger partial charge on any atom is 0.342 e. The summed E-state index contributed by atoms with van der Waals surface area (Å²) in [6, 6.07) is 10.4. The fourth-order valence-corrected chi connectivity index (χ4v) is 3.54. The number of carbonyl (C=O) groups excluding carboxylic acids is 2. The van der Waals surface area contributed by atoms with Crippen LogP contribution in [0.4, 0.5) is 10.5 Å². The molecule has 0 radical (unpaired) electrons. The van der Waals surface area contributed by atoms with E-state index in [4.69, 9.17) is 0 Å². The van der Waals surface area contributed by atoms with Crippen molar-refractivity contribution in [2.45, 2.75) is 37.6 Å². The Hall–Kier alpha value is -3.55. The van der Waals surface area contributed by atoms with Gasteiger partial charge in [0.25, 0.3) is 5.91 Å². The standard InChI is InChI=1S/C22H23N5O3/c1-26-10-2-3-18(26)21(29)23-15-8-9-16(20(28)11-15)17-12-19(13-4-5-13)27(25-17)22(30)24-14-6-7-14/h2-3,8-14,28H,4-7H2,1H3,(H,23,29)(H,24,30). The van der Waals surface area contributed by atoms with Gasteiger partial charge >= 0.3 is 6.03 Å². The number of aryl methyl sites for hydroxylation is 1. The molecule has 154 valence electrons. The summed E-state index contributed by atoms with van der Waals surface area (Å²) in [5.41, 5.74) is 2.94. The van der Waals surface area contributed by atoms with Gasteiger partial charge in [0.05, 0.1) is 11.4 Å². The zero-order valence-electron chi connectivity index (χ0n) is 16.6. The molecule has 0 bridgehead atoms. The van der Waals surface area contributed by atoms with Crippen LogP contribution in [0.3, 0.4) is 0 Å². The molecule has 0 atom stereocenters. The molecule has 0 saturated heterocycles. The maximum atomic E-state index is 12.6. The van der Waals surface area contributed by atoms with E-state index in [1.807, 2.05) is 6.07 Å². The van der Waals surface area contributed by atoms with Crippen molar-refractivity contribution in [2.24, 2.45) is 7.05 Å². The minimum Gasteiger partial charge on any atom is -0.507 e. The van der Waals surface area contributed by atoms with Crippen LogP contribution in [0, 0.1) is 0 Å². The van der Waals surface area contributed by atoms with E-state index in [2.05, 4.69) is 15.7 Å². The first kappa shape index (κ1) is 18.5. The number of hydrogen-bond acceptors (Lipinski definition) is 4. The number of phenolic OH excluding ortho intramolecular Hbond substituents is 1. The minimum atomic E-state index is -0.258. The first-order chi connectivity index (χ1) is 14.5. The van der Waals surface area contributed by atoms with Crippen molar-refractivity contribution in [1.82, 2.24) is 19.7 Å². The van der Waals surface area contributed by atoms with Gasteiger partial charge in [0.15, 0.2) is 0 Å². The van der Waals surface area contributed by atoms with Crippen molar-refractivity contribution in [1.29, 1.82) is 0 Å². The Bertz CT molecular complexity index is 1140. The molecule has 2 aromatic heterocycles. The lowest BCUT2D eigenvalue weighted by Crippen LogP contribution is -2.32. The van der Waals surface area contributed by atoms with Crippen molar-refractivity contribution in [2.75, 3.05) is 5.32 Å². The third kappa shape index (κ3) is 3.56. The third-order valence-corrected chi connectivity index (χ3v) is 5.54. The predicted octanol–water partition coefficient (Wildman–Crippen LogP) is 3.44. The highest BCUT2D eigenvalue weighted by atomic mass is 16.3.